The average molecular weight is 435 g/mol. The van der Waals surface area contributed by atoms with Crippen molar-refractivity contribution in [3.05, 3.63) is 17.3 Å². The monoisotopic (exact) mass is 434 g/mol. The molecule has 7 heteroatoms. The maximum atomic E-state index is 11.3. The average Bonchev–Trinajstić information content (AvgIpc) is 3.27. The number of piperazine rings is 1. The molecule has 0 aromatic carbocycles. The second-order valence-corrected chi connectivity index (χ2v) is 8.73. The number of aryl methyl sites for hydroxylation is 1. The van der Waals surface area contributed by atoms with Crippen molar-refractivity contribution < 1.29 is 15.7 Å². The molecular weight excluding hydrogens is 392 g/mol. The molecule has 4 rings (SSSR count). The zero-order valence-electron chi connectivity index (χ0n) is 19.6. The van der Waals surface area contributed by atoms with Crippen molar-refractivity contribution in [1.29, 1.82) is 0 Å². The Morgan fingerprint density at radius 3 is 2.68 bits per heavy atom. The zero-order chi connectivity index (χ0) is 22.1. The molecule has 2 fully saturated rings. The first-order valence-electron chi connectivity index (χ1n) is 12.0. The molecule has 31 heavy (non-hydrogen) atoms. The van der Waals surface area contributed by atoms with Crippen molar-refractivity contribution in [3.8, 4) is 5.75 Å². The van der Waals surface area contributed by atoms with Crippen molar-refractivity contribution in [2.45, 2.75) is 64.8 Å². The number of likely N-dealkylation sites (N-methyl/N-ethyl adjacent to an activating group) is 1. The number of carbonyl (C=O) groups is 1. The van der Waals surface area contributed by atoms with Crippen LogP contribution in [0.5, 0.6) is 5.75 Å². The molecule has 3 aliphatic rings. The van der Waals surface area contributed by atoms with Crippen LogP contribution in [0.1, 0.15) is 58.1 Å². The Labute approximate surface area is 189 Å². The van der Waals surface area contributed by atoms with E-state index >= 15 is 0 Å². The van der Waals surface area contributed by atoms with Gasteiger partial charge in [-0.05, 0) is 26.3 Å². The number of fused-ring (bicyclic) bond motifs is 1. The van der Waals surface area contributed by atoms with Gasteiger partial charge in [-0.25, -0.2) is 4.98 Å². The Morgan fingerprint density at radius 2 is 2.00 bits per heavy atom. The van der Waals surface area contributed by atoms with E-state index in [-0.39, 0.29) is 7.33 Å². The van der Waals surface area contributed by atoms with E-state index in [1.165, 1.54) is 30.6 Å². The Morgan fingerprint density at radius 1 is 1.26 bits per heavy atom. The number of amides is 1. The fourth-order valence-corrected chi connectivity index (χ4v) is 4.56. The van der Waals surface area contributed by atoms with Crippen LogP contribution in [0.25, 0.3) is 0 Å². The van der Waals surface area contributed by atoms with Crippen LogP contribution in [0.4, 0.5) is 5.82 Å². The largest absolute Gasteiger partial charge is 0.493 e. The fourth-order valence-electron chi connectivity index (χ4n) is 4.56. The highest BCUT2D eigenvalue weighted by Gasteiger charge is 2.24. The Kier molecular flexibility index (Phi) is 9.40. The van der Waals surface area contributed by atoms with Crippen LogP contribution < -0.4 is 15.0 Å². The van der Waals surface area contributed by atoms with Gasteiger partial charge in [-0.3, -0.25) is 4.79 Å². The predicted octanol–water partition coefficient (Wildman–Crippen LogP) is 3.18. The van der Waals surface area contributed by atoms with Gasteiger partial charge in [0.25, 0.3) is 0 Å². The summed E-state index contributed by atoms with van der Waals surface area (Å²) in [6.07, 6.45) is 7.64. The second-order valence-electron chi connectivity index (χ2n) is 8.73. The molecule has 1 aliphatic carbocycles. The standard InChI is InChI=1S/C14H21N3O.C10H19NO2.H2/c1-3-16-5-7-17(8-6-16)14-12-4-9-18-13(12)10-11(2)15-14;1-13-8-7-10(12)11-9-5-3-2-4-6-9;/h10H,3-9H2,1-2H3;9H,2-8H2,1H3,(H,11,12);1H. The number of hydrogen-bond donors (Lipinski definition) is 1. The van der Waals surface area contributed by atoms with E-state index < -0.39 is 0 Å². The molecule has 7 nitrogen and oxygen atoms in total. The number of pyridine rings is 1. The van der Waals surface area contributed by atoms with E-state index in [2.05, 4.69) is 28.1 Å². The van der Waals surface area contributed by atoms with Crippen LogP contribution in [0, 0.1) is 6.92 Å². The third kappa shape index (κ3) is 7.07. The molecule has 1 aromatic heterocycles. The van der Waals surface area contributed by atoms with Crippen molar-refractivity contribution in [3.63, 3.8) is 0 Å². The first-order chi connectivity index (χ1) is 15.1. The van der Waals surface area contributed by atoms with E-state index in [0.717, 1.165) is 70.0 Å². The number of nitrogens with one attached hydrogen (secondary N) is 1. The number of rotatable bonds is 6. The Balaban J connectivity index is 0.000000232. The third-order valence-corrected chi connectivity index (χ3v) is 6.42. The van der Waals surface area contributed by atoms with Gasteiger partial charge in [-0.1, -0.05) is 26.2 Å². The molecule has 0 spiro atoms. The lowest BCUT2D eigenvalue weighted by atomic mass is 9.95. The van der Waals surface area contributed by atoms with Crippen LogP contribution in [0.15, 0.2) is 6.07 Å². The zero-order valence-corrected chi connectivity index (χ0v) is 19.6. The van der Waals surface area contributed by atoms with Crippen molar-refractivity contribution in [2.24, 2.45) is 0 Å². The highest BCUT2D eigenvalue weighted by Crippen LogP contribution is 2.33. The van der Waals surface area contributed by atoms with Crippen LogP contribution in [-0.2, 0) is 16.0 Å². The van der Waals surface area contributed by atoms with Crippen molar-refractivity contribution >= 4 is 11.7 Å². The molecule has 1 aromatic rings. The molecule has 1 amide bonds. The molecule has 0 unspecified atom stereocenters. The highest BCUT2D eigenvalue weighted by molar-refractivity contribution is 5.76. The van der Waals surface area contributed by atoms with E-state index in [4.69, 9.17) is 14.5 Å². The smallest absolute Gasteiger partial charge is 0.222 e. The predicted molar refractivity (Wildman–Crippen MR) is 126 cm³/mol. The van der Waals surface area contributed by atoms with E-state index in [1.54, 1.807) is 7.11 Å². The number of hydrogen-bond acceptors (Lipinski definition) is 6. The molecule has 0 radical (unpaired) electrons. The second kappa shape index (κ2) is 12.2. The van der Waals surface area contributed by atoms with Crippen LogP contribution in [-0.4, -0.2) is 74.9 Å². The molecule has 1 N–H and O–H groups in total. The first-order valence-corrected chi connectivity index (χ1v) is 12.0. The quantitative estimate of drug-likeness (QED) is 0.742. The van der Waals surface area contributed by atoms with Crippen LogP contribution in [0.3, 0.4) is 0 Å². The van der Waals surface area contributed by atoms with Gasteiger partial charge >= 0.3 is 0 Å². The summed E-state index contributed by atoms with van der Waals surface area (Å²) in [6, 6.07) is 2.49. The summed E-state index contributed by atoms with van der Waals surface area (Å²) in [6.45, 7) is 11.2. The number of methoxy groups -OCH3 is 1. The van der Waals surface area contributed by atoms with E-state index in [9.17, 15) is 4.79 Å². The number of anilines is 1. The summed E-state index contributed by atoms with van der Waals surface area (Å²) in [5.74, 6) is 2.35. The molecule has 1 saturated heterocycles. The summed E-state index contributed by atoms with van der Waals surface area (Å²) >= 11 is 0. The molecule has 2 aliphatic heterocycles. The minimum absolute atomic E-state index is 0. The highest BCUT2D eigenvalue weighted by atomic mass is 16.5. The van der Waals surface area contributed by atoms with Gasteiger partial charge in [0, 0.05) is 70.9 Å². The van der Waals surface area contributed by atoms with Crippen molar-refractivity contribution in [2.75, 3.05) is 57.9 Å². The molecule has 1 saturated carbocycles. The van der Waals surface area contributed by atoms with Gasteiger partial charge in [0.1, 0.15) is 11.6 Å². The molecule has 176 valence electrons. The molecular formula is C24H42N4O3. The van der Waals surface area contributed by atoms with E-state index in [1.807, 2.05) is 6.92 Å². The summed E-state index contributed by atoms with van der Waals surface area (Å²) in [5.41, 5.74) is 2.37. The normalized spacial score (nSPS) is 19.3. The lowest BCUT2D eigenvalue weighted by Crippen LogP contribution is -2.46. The summed E-state index contributed by atoms with van der Waals surface area (Å²) in [5, 5.41) is 3.03. The lowest BCUT2D eigenvalue weighted by Gasteiger charge is -2.35. The third-order valence-electron chi connectivity index (χ3n) is 6.42. The fraction of sp³-hybridized carbons (Fsp3) is 0.750. The number of carbonyl (C=O) groups excluding carboxylic acids is 1. The Hall–Kier alpha value is -1.86. The minimum atomic E-state index is 0. The summed E-state index contributed by atoms with van der Waals surface area (Å²) in [7, 11) is 1.62. The van der Waals surface area contributed by atoms with Crippen LogP contribution in [0.2, 0.25) is 0 Å². The summed E-state index contributed by atoms with van der Waals surface area (Å²) in [4.78, 5) is 20.9. The number of ether oxygens (including phenoxy) is 2. The Bertz CT molecular complexity index is 705. The van der Waals surface area contributed by atoms with Gasteiger partial charge in [0.15, 0.2) is 0 Å². The van der Waals surface area contributed by atoms with E-state index in [0.29, 0.717) is 19.1 Å². The number of aromatic nitrogens is 1. The molecule has 0 bridgehead atoms. The van der Waals surface area contributed by atoms with Gasteiger partial charge < -0.3 is 24.6 Å². The minimum Gasteiger partial charge on any atom is -0.493 e. The van der Waals surface area contributed by atoms with Gasteiger partial charge in [-0.15, -0.1) is 0 Å². The summed E-state index contributed by atoms with van der Waals surface area (Å²) < 4.78 is 10.5. The molecule has 3 heterocycles. The maximum Gasteiger partial charge on any atom is 0.222 e. The maximum absolute atomic E-state index is 11.3. The SMILES string of the molecule is CCN1CCN(c2nc(C)cc3c2CCO3)CC1.COCCC(=O)NC1CCCCC1.[HH]. The van der Waals surface area contributed by atoms with Crippen LogP contribution >= 0.6 is 0 Å². The number of nitrogens with zero attached hydrogens (tertiary/aromatic N) is 3. The van der Waals surface area contributed by atoms with Gasteiger partial charge in [0.05, 0.1) is 13.2 Å². The van der Waals surface area contributed by atoms with Crippen molar-refractivity contribution in [1.82, 2.24) is 15.2 Å². The van der Waals surface area contributed by atoms with Gasteiger partial charge in [-0.2, -0.15) is 0 Å². The molecule has 0 atom stereocenters. The topological polar surface area (TPSA) is 66.9 Å². The van der Waals surface area contributed by atoms with Gasteiger partial charge in [0.2, 0.25) is 5.91 Å². The first kappa shape index (κ1) is 23.8. The lowest BCUT2D eigenvalue weighted by molar-refractivity contribution is -0.122.